The van der Waals surface area contributed by atoms with Crippen LogP contribution in [0.15, 0.2) is 25.0 Å². The summed E-state index contributed by atoms with van der Waals surface area (Å²) in [5.74, 6) is -4.51. The molecule has 37 heavy (non-hydrogen) atoms. The number of aromatic amines is 2. The number of carboxylic acid groups (broad SMARTS) is 1. The number of rotatable bonds is 15. The molecule has 0 spiro atoms. The summed E-state index contributed by atoms with van der Waals surface area (Å²) in [6.07, 6.45) is 5.39. The zero-order valence-corrected chi connectivity index (χ0v) is 20.6. The number of nitrogens with one attached hydrogen (secondary N) is 5. The number of carbonyl (C=O) groups excluding carboxylic acids is 4. The fourth-order valence-electron chi connectivity index (χ4n) is 3.48. The number of carbonyl (C=O) groups is 5. The quantitative estimate of drug-likeness (QED) is 0.126. The highest BCUT2D eigenvalue weighted by Gasteiger charge is 2.31. The van der Waals surface area contributed by atoms with Crippen LogP contribution in [0.5, 0.6) is 0 Å². The normalized spacial score (nSPS) is 14.3. The number of hydrogen-bond acceptors (Lipinski definition) is 8. The van der Waals surface area contributed by atoms with E-state index >= 15 is 0 Å². The fourth-order valence-corrected chi connectivity index (χ4v) is 3.48. The number of nitrogens with zero attached hydrogens (tertiary/aromatic N) is 2. The molecule has 0 aliphatic heterocycles. The van der Waals surface area contributed by atoms with Crippen molar-refractivity contribution in [1.29, 1.82) is 0 Å². The first-order valence-electron chi connectivity index (χ1n) is 11.6. The maximum Gasteiger partial charge on any atom is 0.326 e. The minimum atomic E-state index is -1.40. The molecule has 10 N–H and O–H groups in total. The Morgan fingerprint density at radius 3 is 1.86 bits per heavy atom. The van der Waals surface area contributed by atoms with Gasteiger partial charge in [0.15, 0.2) is 0 Å². The van der Waals surface area contributed by atoms with E-state index in [1.54, 1.807) is 0 Å². The SMILES string of the molecule is CC(C)CC(NC(=O)C(CC(N)=O)NC(=O)C(N)Cc1cnc[nH]1)C(=O)NC(Cc1cnc[nH]1)C(=O)O. The van der Waals surface area contributed by atoms with Crippen molar-refractivity contribution in [2.45, 2.75) is 63.7 Å². The zero-order chi connectivity index (χ0) is 27.5. The van der Waals surface area contributed by atoms with E-state index in [0.29, 0.717) is 11.4 Å². The smallest absolute Gasteiger partial charge is 0.326 e. The molecule has 202 valence electrons. The highest BCUT2D eigenvalue weighted by atomic mass is 16.4. The van der Waals surface area contributed by atoms with Gasteiger partial charge in [0.25, 0.3) is 0 Å². The Hall–Kier alpha value is -4.27. The summed E-state index contributed by atoms with van der Waals surface area (Å²) in [4.78, 5) is 75.1. The monoisotopic (exact) mass is 519 g/mol. The van der Waals surface area contributed by atoms with Gasteiger partial charge in [-0.3, -0.25) is 19.2 Å². The van der Waals surface area contributed by atoms with Crippen LogP contribution in [0.4, 0.5) is 0 Å². The molecule has 0 saturated carbocycles. The van der Waals surface area contributed by atoms with Crippen molar-refractivity contribution >= 4 is 29.6 Å². The van der Waals surface area contributed by atoms with Crippen LogP contribution >= 0.6 is 0 Å². The summed E-state index contributed by atoms with van der Waals surface area (Å²) in [7, 11) is 0. The standard InChI is InChI=1S/C22H33N9O6/c1-11(2)3-15(20(34)31-17(22(36)37)5-13-8-26-10-28-13)30-21(35)16(6-18(24)32)29-19(33)14(23)4-12-7-25-9-27-12/h7-11,14-17H,3-6,23H2,1-2H3,(H2,24,32)(H,25,27)(H,26,28)(H,29,33)(H,30,35)(H,31,34)(H,36,37). The van der Waals surface area contributed by atoms with E-state index in [1.807, 2.05) is 13.8 Å². The topological polar surface area (TPSA) is 251 Å². The Balaban J connectivity index is 2.10. The number of carboxylic acids is 1. The summed E-state index contributed by atoms with van der Waals surface area (Å²) >= 11 is 0. The second-order valence-corrected chi connectivity index (χ2v) is 8.99. The number of H-pyrrole nitrogens is 2. The molecule has 15 nitrogen and oxygen atoms in total. The van der Waals surface area contributed by atoms with Gasteiger partial charge in [-0.05, 0) is 12.3 Å². The second-order valence-electron chi connectivity index (χ2n) is 8.99. The lowest BCUT2D eigenvalue weighted by atomic mass is 10.0. The van der Waals surface area contributed by atoms with Crippen LogP contribution < -0.4 is 27.4 Å². The lowest BCUT2D eigenvalue weighted by Gasteiger charge is -2.25. The summed E-state index contributed by atoms with van der Waals surface area (Å²) in [6, 6.07) is -4.90. The Bertz CT molecular complexity index is 1050. The van der Waals surface area contributed by atoms with Crippen LogP contribution in [0.25, 0.3) is 0 Å². The number of aromatic nitrogens is 4. The average molecular weight is 520 g/mol. The predicted octanol–water partition coefficient (Wildman–Crippen LogP) is -2.29. The summed E-state index contributed by atoms with van der Waals surface area (Å²) in [5.41, 5.74) is 12.3. The van der Waals surface area contributed by atoms with Gasteiger partial charge in [-0.15, -0.1) is 0 Å². The molecule has 2 aromatic heterocycles. The maximum absolute atomic E-state index is 13.0. The first-order valence-corrected chi connectivity index (χ1v) is 11.6. The van der Waals surface area contributed by atoms with Crippen LogP contribution in [0.1, 0.15) is 38.1 Å². The van der Waals surface area contributed by atoms with E-state index < -0.39 is 60.2 Å². The Morgan fingerprint density at radius 1 is 0.865 bits per heavy atom. The molecular weight excluding hydrogens is 486 g/mol. The molecule has 2 heterocycles. The van der Waals surface area contributed by atoms with E-state index in [2.05, 4.69) is 35.9 Å². The van der Waals surface area contributed by atoms with Crippen LogP contribution in [0, 0.1) is 5.92 Å². The molecule has 0 radical (unpaired) electrons. The number of aliphatic carboxylic acids is 1. The van der Waals surface area contributed by atoms with Crippen molar-refractivity contribution in [3.63, 3.8) is 0 Å². The molecular formula is C22H33N9O6. The number of imidazole rings is 2. The first-order chi connectivity index (χ1) is 17.5. The molecule has 0 saturated heterocycles. The summed E-state index contributed by atoms with van der Waals surface area (Å²) in [5, 5.41) is 16.9. The number of primary amides is 1. The lowest BCUT2D eigenvalue weighted by molar-refractivity contribution is -0.142. The van der Waals surface area contributed by atoms with Crippen molar-refractivity contribution in [3.05, 3.63) is 36.4 Å². The maximum atomic E-state index is 13.0. The molecule has 4 unspecified atom stereocenters. The molecule has 0 fully saturated rings. The van der Waals surface area contributed by atoms with Crippen LogP contribution in [0.2, 0.25) is 0 Å². The third kappa shape index (κ3) is 9.71. The minimum Gasteiger partial charge on any atom is -0.480 e. The molecule has 2 aromatic rings. The Labute approximate surface area is 212 Å². The summed E-state index contributed by atoms with van der Waals surface area (Å²) in [6.45, 7) is 3.62. The molecule has 0 bridgehead atoms. The van der Waals surface area contributed by atoms with Crippen LogP contribution in [-0.2, 0) is 36.8 Å². The van der Waals surface area contributed by atoms with Gasteiger partial charge in [0.05, 0.1) is 25.1 Å². The number of amides is 4. The van der Waals surface area contributed by atoms with Crippen LogP contribution in [0.3, 0.4) is 0 Å². The van der Waals surface area contributed by atoms with E-state index in [0.717, 1.165) is 0 Å². The van der Waals surface area contributed by atoms with Gasteiger partial charge in [0.1, 0.15) is 18.1 Å². The minimum absolute atomic E-state index is 0.0575. The third-order valence-electron chi connectivity index (χ3n) is 5.30. The van der Waals surface area contributed by atoms with E-state index in [1.165, 1.54) is 25.0 Å². The van der Waals surface area contributed by atoms with E-state index in [-0.39, 0.29) is 25.2 Å². The highest BCUT2D eigenvalue weighted by Crippen LogP contribution is 2.08. The molecule has 4 amide bonds. The van der Waals surface area contributed by atoms with Crippen LogP contribution in [-0.4, -0.2) is 78.8 Å². The van der Waals surface area contributed by atoms with Crippen molar-refractivity contribution in [2.75, 3.05) is 0 Å². The largest absolute Gasteiger partial charge is 0.480 e. The molecule has 4 atom stereocenters. The molecule has 15 heteroatoms. The fraction of sp³-hybridized carbons (Fsp3) is 0.500. The number of hydrogen-bond donors (Lipinski definition) is 8. The van der Waals surface area contributed by atoms with Crippen molar-refractivity contribution in [2.24, 2.45) is 17.4 Å². The van der Waals surface area contributed by atoms with Gasteiger partial charge in [0, 0.05) is 36.6 Å². The average Bonchev–Trinajstić information content (AvgIpc) is 3.51. The van der Waals surface area contributed by atoms with Gasteiger partial charge in [0.2, 0.25) is 23.6 Å². The lowest BCUT2D eigenvalue weighted by Crippen LogP contribution is -2.58. The van der Waals surface area contributed by atoms with Gasteiger partial charge in [-0.25, -0.2) is 14.8 Å². The van der Waals surface area contributed by atoms with Gasteiger partial charge in [-0.1, -0.05) is 13.8 Å². The Morgan fingerprint density at radius 2 is 1.38 bits per heavy atom. The van der Waals surface area contributed by atoms with Crippen molar-refractivity contribution < 1.29 is 29.1 Å². The molecule has 2 rings (SSSR count). The summed E-state index contributed by atoms with van der Waals surface area (Å²) < 4.78 is 0. The van der Waals surface area contributed by atoms with Crippen molar-refractivity contribution in [1.82, 2.24) is 35.9 Å². The Kier molecular flexibility index (Phi) is 10.7. The zero-order valence-electron chi connectivity index (χ0n) is 20.6. The predicted molar refractivity (Wildman–Crippen MR) is 129 cm³/mol. The number of nitrogens with two attached hydrogens (primary N) is 2. The molecule has 0 aliphatic rings. The second kappa shape index (κ2) is 13.7. The van der Waals surface area contributed by atoms with Gasteiger partial charge >= 0.3 is 5.97 Å². The highest BCUT2D eigenvalue weighted by molar-refractivity contribution is 5.96. The first kappa shape index (κ1) is 29.0. The van der Waals surface area contributed by atoms with E-state index in [9.17, 15) is 29.1 Å². The van der Waals surface area contributed by atoms with Gasteiger partial charge in [-0.2, -0.15) is 0 Å². The molecule has 0 aliphatic carbocycles. The molecule has 0 aromatic carbocycles. The van der Waals surface area contributed by atoms with Crippen molar-refractivity contribution in [3.8, 4) is 0 Å². The van der Waals surface area contributed by atoms with Gasteiger partial charge < -0.3 is 42.5 Å². The third-order valence-corrected chi connectivity index (χ3v) is 5.30. The van der Waals surface area contributed by atoms with E-state index in [4.69, 9.17) is 11.5 Å².